The minimum Gasteiger partial charge on any atom is -0.394 e. The predicted octanol–water partition coefficient (Wildman–Crippen LogP) is 0.658. The number of benzene rings is 1. The van der Waals surface area contributed by atoms with Crippen LogP contribution >= 0.6 is 0 Å². The third kappa shape index (κ3) is 7.14. The van der Waals surface area contributed by atoms with Crippen molar-refractivity contribution < 1.29 is 10.2 Å². The van der Waals surface area contributed by atoms with Gasteiger partial charge in [-0.05, 0) is 0 Å². The summed E-state index contributed by atoms with van der Waals surface area (Å²) < 4.78 is 0. The Morgan fingerprint density at radius 1 is 0.600 bits per heavy atom. The lowest BCUT2D eigenvalue weighted by molar-refractivity contribution is 0.186. The van der Waals surface area contributed by atoms with Crippen molar-refractivity contribution in [3.8, 4) is 0 Å². The van der Waals surface area contributed by atoms with Crippen molar-refractivity contribution in [2.24, 2.45) is 0 Å². The second-order valence-electron chi connectivity index (χ2n) is 1.60. The minimum absolute atomic E-state index is 0.125. The number of hydrogen-bond donors (Lipinski definition) is 2. The first-order valence-corrected chi connectivity index (χ1v) is 3.13. The van der Waals surface area contributed by atoms with Crippen molar-refractivity contribution in [2.75, 3.05) is 13.2 Å². The highest BCUT2D eigenvalue weighted by atomic mass is 16.3. The zero-order valence-electron chi connectivity index (χ0n) is 5.77. The summed E-state index contributed by atoms with van der Waals surface area (Å²) in [6.45, 7) is -0.250. The Morgan fingerprint density at radius 2 is 0.800 bits per heavy atom. The summed E-state index contributed by atoms with van der Waals surface area (Å²) in [4.78, 5) is 0. The van der Waals surface area contributed by atoms with E-state index >= 15 is 0 Å². The molecule has 0 aliphatic heterocycles. The summed E-state index contributed by atoms with van der Waals surface area (Å²) in [5.74, 6) is 0. The van der Waals surface area contributed by atoms with Gasteiger partial charge in [-0.15, -0.1) is 0 Å². The van der Waals surface area contributed by atoms with Crippen LogP contribution in [0.5, 0.6) is 0 Å². The fraction of sp³-hybridized carbons (Fsp3) is 0.250. The highest BCUT2D eigenvalue weighted by molar-refractivity contribution is 4.99. The van der Waals surface area contributed by atoms with Gasteiger partial charge in [0.25, 0.3) is 0 Å². The Morgan fingerprint density at radius 3 is 0.900 bits per heavy atom. The lowest BCUT2D eigenvalue weighted by Gasteiger charge is -1.70. The molecule has 2 N–H and O–H groups in total. The van der Waals surface area contributed by atoms with Crippen LogP contribution in [0.25, 0.3) is 0 Å². The molecule has 0 bridgehead atoms. The van der Waals surface area contributed by atoms with Crippen LogP contribution in [0, 0.1) is 0 Å². The molecule has 1 aromatic rings. The fourth-order valence-electron chi connectivity index (χ4n) is 0.385. The van der Waals surface area contributed by atoms with Gasteiger partial charge < -0.3 is 10.2 Å². The first kappa shape index (κ1) is 9.14. The normalized spacial score (nSPS) is 7.80. The number of hydrogen-bond acceptors (Lipinski definition) is 2. The van der Waals surface area contributed by atoms with Crippen molar-refractivity contribution in [1.82, 2.24) is 0 Å². The number of rotatable bonds is 1. The lowest BCUT2D eigenvalue weighted by atomic mass is 10.4. The number of aliphatic hydroxyl groups excluding tert-OH is 2. The molecule has 0 spiro atoms. The Kier molecular flexibility index (Phi) is 7.44. The standard InChI is InChI=1S/C6H6.C2H6O2/c1-2-4-6-5-3-1;3-1-2-4/h1-6H;3-4H,1-2H2. The van der Waals surface area contributed by atoms with Gasteiger partial charge in [0.1, 0.15) is 0 Å². The Hall–Kier alpha value is -0.860. The van der Waals surface area contributed by atoms with Crippen LogP contribution < -0.4 is 0 Å². The molecule has 0 aromatic heterocycles. The minimum atomic E-state index is -0.125. The molecule has 0 saturated carbocycles. The molecule has 0 heterocycles. The first-order chi connectivity index (χ1) is 4.91. The fourth-order valence-corrected chi connectivity index (χ4v) is 0.385. The molecule has 0 fully saturated rings. The maximum atomic E-state index is 7.62. The maximum absolute atomic E-state index is 7.62. The van der Waals surface area contributed by atoms with Crippen LogP contribution in [0.3, 0.4) is 0 Å². The monoisotopic (exact) mass is 140 g/mol. The van der Waals surface area contributed by atoms with Gasteiger partial charge in [0.2, 0.25) is 0 Å². The van der Waals surface area contributed by atoms with Gasteiger partial charge in [-0.2, -0.15) is 0 Å². The summed E-state index contributed by atoms with van der Waals surface area (Å²) in [5.41, 5.74) is 0. The van der Waals surface area contributed by atoms with E-state index in [9.17, 15) is 0 Å². The molecule has 0 atom stereocenters. The molecule has 1 rings (SSSR count). The van der Waals surface area contributed by atoms with Gasteiger partial charge >= 0.3 is 0 Å². The third-order valence-corrected chi connectivity index (χ3v) is 0.767. The van der Waals surface area contributed by atoms with E-state index in [1.807, 2.05) is 36.4 Å². The zero-order chi connectivity index (χ0) is 7.66. The van der Waals surface area contributed by atoms with Crippen molar-refractivity contribution in [1.29, 1.82) is 0 Å². The van der Waals surface area contributed by atoms with Crippen LogP contribution in [0.4, 0.5) is 0 Å². The van der Waals surface area contributed by atoms with Gasteiger partial charge in [-0.25, -0.2) is 0 Å². The van der Waals surface area contributed by atoms with E-state index < -0.39 is 0 Å². The largest absolute Gasteiger partial charge is 0.394 e. The molecule has 2 nitrogen and oxygen atoms in total. The summed E-state index contributed by atoms with van der Waals surface area (Å²) in [5, 5.41) is 15.2. The van der Waals surface area contributed by atoms with E-state index in [1.165, 1.54) is 0 Å². The second kappa shape index (κ2) is 8.14. The average Bonchev–Trinajstić information content (AvgIpc) is 2.08. The van der Waals surface area contributed by atoms with Gasteiger partial charge in [0.15, 0.2) is 0 Å². The van der Waals surface area contributed by atoms with Crippen molar-refractivity contribution in [3.63, 3.8) is 0 Å². The van der Waals surface area contributed by atoms with E-state index in [0.717, 1.165) is 0 Å². The molecule has 56 valence electrons. The van der Waals surface area contributed by atoms with E-state index in [-0.39, 0.29) is 13.2 Å². The van der Waals surface area contributed by atoms with Crippen LogP contribution in [-0.4, -0.2) is 23.4 Å². The molecule has 10 heavy (non-hydrogen) atoms. The second-order valence-corrected chi connectivity index (χ2v) is 1.60. The molecular weight excluding hydrogens is 128 g/mol. The Balaban J connectivity index is 0.000000180. The van der Waals surface area contributed by atoms with Crippen molar-refractivity contribution >= 4 is 0 Å². The van der Waals surface area contributed by atoms with E-state index in [0.29, 0.717) is 0 Å². The lowest BCUT2D eigenvalue weighted by Crippen LogP contribution is -1.85. The SMILES string of the molecule is OCCO.c1ccccc1. The average molecular weight is 140 g/mol. The topological polar surface area (TPSA) is 40.5 Å². The van der Waals surface area contributed by atoms with E-state index in [2.05, 4.69) is 0 Å². The quantitative estimate of drug-likeness (QED) is 0.601. The van der Waals surface area contributed by atoms with Crippen LogP contribution in [-0.2, 0) is 0 Å². The Bertz CT molecular complexity index is 99.2. The van der Waals surface area contributed by atoms with Gasteiger partial charge in [-0.3, -0.25) is 0 Å². The van der Waals surface area contributed by atoms with Crippen molar-refractivity contribution in [2.45, 2.75) is 0 Å². The van der Waals surface area contributed by atoms with Crippen LogP contribution in [0.1, 0.15) is 0 Å². The molecule has 0 unspecified atom stereocenters. The summed E-state index contributed by atoms with van der Waals surface area (Å²) in [7, 11) is 0. The molecule has 1 aromatic carbocycles. The smallest absolute Gasteiger partial charge is 0.0662 e. The van der Waals surface area contributed by atoms with Gasteiger partial charge in [0.05, 0.1) is 13.2 Å². The van der Waals surface area contributed by atoms with Gasteiger partial charge in [-0.1, -0.05) is 36.4 Å². The van der Waals surface area contributed by atoms with Crippen LogP contribution in [0.15, 0.2) is 36.4 Å². The summed E-state index contributed by atoms with van der Waals surface area (Å²) >= 11 is 0. The molecule has 0 saturated heterocycles. The summed E-state index contributed by atoms with van der Waals surface area (Å²) in [6, 6.07) is 12.0. The van der Waals surface area contributed by atoms with E-state index in [4.69, 9.17) is 10.2 Å². The molecule has 0 amide bonds. The zero-order valence-corrected chi connectivity index (χ0v) is 5.77. The van der Waals surface area contributed by atoms with Crippen LogP contribution in [0.2, 0.25) is 0 Å². The first-order valence-electron chi connectivity index (χ1n) is 3.13. The molecule has 0 radical (unpaired) electrons. The Labute approximate surface area is 60.8 Å². The predicted molar refractivity (Wildman–Crippen MR) is 40.6 cm³/mol. The highest BCUT2D eigenvalue weighted by Gasteiger charge is 1.58. The summed E-state index contributed by atoms with van der Waals surface area (Å²) in [6.07, 6.45) is 0. The molecule has 0 aliphatic rings. The van der Waals surface area contributed by atoms with Crippen molar-refractivity contribution in [3.05, 3.63) is 36.4 Å². The van der Waals surface area contributed by atoms with E-state index in [1.54, 1.807) is 0 Å². The van der Waals surface area contributed by atoms with Gasteiger partial charge in [0, 0.05) is 0 Å². The maximum Gasteiger partial charge on any atom is 0.0662 e. The highest BCUT2D eigenvalue weighted by Crippen LogP contribution is 1.79. The third-order valence-electron chi connectivity index (χ3n) is 0.767. The molecular formula is C8H12O2. The molecule has 0 aliphatic carbocycles. The number of aliphatic hydroxyl groups is 2. The molecule has 2 heteroatoms.